The number of esters is 1. The van der Waals surface area contributed by atoms with Crippen LogP contribution in [-0.2, 0) is 11.3 Å². The molecule has 2 aromatic carbocycles. The van der Waals surface area contributed by atoms with E-state index in [0.717, 1.165) is 5.56 Å². The van der Waals surface area contributed by atoms with Crippen LogP contribution < -0.4 is 0 Å². The van der Waals surface area contributed by atoms with E-state index in [4.69, 9.17) is 16.3 Å². The van der Waals surface area contributed by atoms with Crippen molar-refractivity contribution < 1.29 is 14.3 Å². The summed E-state index contributed by atoms with van der Waals surface area (Å²) in [5.41, 5.74) is 2.21. The van der Waals surface area contributed by atoms with Gasteiger partial charge in [0.2, 0.25) is 0 Å². The molecule has 0 aliphatic rings. The smallest absolute Gasteiger partial charge is 0.356 e. The van der Waals surface area contributed by atoms with Crippen molar-refractivity contribution >= 4 is 23.4 Å². The summed E-state index contributed by atoms with van der Waals surface area (Å²) in [7, 11) is 0. The third-order valence-corrected chi connectivity index (χ3v) is 4.05. The van der Waals surface area contributed by atoms with Crippen molar-refractivity contribution in [3.63, 3.8) is 0 Å². The normalized spacial score (nSPS) is 10.5. The van der Waals surface area contributed by atoms with Gasteiger partial charge >= 0.3 is 5.97 Å². The van der Waals surface area contributed by atoms with Gasteiger partial charge in [-0.05, 0) is 37.3 Å². The molecule has 0 fully saturated rings. The Bertz CT molecular complexity index is 918. The fourth-order valence-corrected chi connectivity index (χ4v) is 2.65. The van der Waals surface area contributed by atoms with E-state index in [9.17, 15) is 9.59 Å². The van der Waals surface area contributed by atoms with Gasteiger partial charge < -0.3 is 4.74 Å². The zero-order chi connectivity index (χ0) is 18.5. The molecule has 0 N–H and O–H groups in total. The summed E-state index contributed by atoms with van der Waals surface area (Å²) >= 11 is 5.86. The van der Waals surface area contributed by atoms with E-state index in [2.05, 4.69) is 5.10 Å². The molecule has 0 radical (unpaired) electrons. The number of benzene rings is 2. The van der Waals surface area contributed by atoms with Gasteiger partial charge in [-0.15, -0.1) is 0 Å². The number of nitrogens with zero attached hydrogens (tertiary/aromatic N) is 2. The fourth-order valence-electron chi connectivity index (χ4n) is 2.52. The Morgan fingerprint density at radius 1 is 1.08 bits per heavy atom. The highest BCUT2D eigenvalue weighted by atomic mass is 35.5. The first-order chi connectivity index (χ1) is 12.6. The van der Waals surface area contributed by atoms with Crippen LogP contribution in [0.15, 0.2) is 60.7 Å². The van der Waals surface area contributed by atoms with Gasteiger partial charge in [-0.2, -0.15) is 5.10 Å². The first-order valence-corrected chi connectivity index (χ1v) is 8.55. The number of Topliss-reactive ketones (excluding diaryl/α,β-unsaturated/α-hetero) is 1. The predicted molar refractivity (Wildman–Crippen MR) is 99.4 cm³/mol. The zero-order valence-electron chi connectivity index (χ0n) is 14.2. The van der Waals surface area contributed by atoms with Gasteiger partial charge in [0.25, 0.3) is 0 Å². The van der Waals surface area contributed by atoms with E-state index in [1.165, 1.54) is 4.68 Å². The highest BCUT2D eigenvalue weighted by molar-refractivity contribution is 6.30. The van der Waals surface area contributed by atoms with Crippen molar-refractivity contribution in [3.05, 3.63) is 76.9 Å². The number of hydrogen-bond donors (Lipinski definition) is 0. The minimum Gasteiger partial charge on any atom is -0.461 e. The maximum atomic E-state index is 12.5. The Balaban J connectivity index is 1.93. The number of ketones is 1. The Morgan fingerprint density at radius 2 is 1.77 bits per heavy atom. The molecule has 6 heteroatoms. The summed E-state index contributed by atoms with van der Waals surface area (Å²) in [5.74, 6) is -0.680. The Morgan fingerprint density at radius 3 is 2.42 bits per heavy atom. The molecule has 3 aromatic rings. The van der Waals surface area contributed by atoms with Gasteiger partial charge in [0, 0.05) is 16.1 Å². The minimum atomic E-state index is -0.508. The number of ether oxygens (including phenoxy) is 1. The average Bonchev–Trinajstić information content (AvgIpc) is 3.07. The lowest BCUT2D eigenvalue weighted by Crippen LogP contribution is -2.18. The number of hydrogen-bond acceptors (Lipinski definition) is 4. The third-order valence-electron chi connectivity index (χ3n) is 3.79. The maximum Gasteiger partial charge on any atom is 0.356 e. The van der Waals surface area contributed by atoms with E-state index >= 15 is 0 Å². The van der Waals surface area contributed by atoms with E-state index < -0.39 is 5.97 Å². The van der Waals surface area contributed by atoms with Gasteiger partial charge in [-0.1, -0.05) is 41.9 Å². The summed E-state index contributed by atoms with van der Waals surface area (Å²) in [6.07, 6.45) is 0. The largest absolute Gasteiger partial charge is 0.461 e. The molecule has 5 nitrogen and oxygen atoms in total. The van der Waals surface area contributed by atoms with Crippen LogP contribution in [0.2, 0.25) is 5.02 Å². The number of aromatic nitrogens is 2. The van der Waals surface area contributed by atoms with Crippen molar-refractivity contribution in [1.82, 2.24) is 9.78 Å². The Labute approximate surface area is 156 Å². The number of halogens is 1. The lowest BCUT2D eigenvalue weighted by Gasteiger charge is -2.06. The van der Waals surface area contributed by atoms with E-state index in [0.29, 0.717) is 16.3 Å². The minimum absolute atomic E-state index is 0.0669. The van der Waals surface area contributed by atoms with Crippen LogP contribution >= 0.6 is 11.6 Å². The first kappa shape index (κ1) is 17.9. The van der Waals surface area contributed by atoms with Gasteiger partial charge in [0.15, 0.2) is 5.78 Å². The van der Waals surface area contributed by atoms with Crippen LogP contribution in [0.1, 0.15) is 27.8 Å². The summed E-state index contributed by atoms with van der Waals surface area (Å²) in [6.45, 7) is 1.91. The van der Waals surface area contributed by atoms with Gasteiger partial charge in [-0.3, -0.25) is 4.79 Å². The van der Waals surface area contributed by atoms with E-state index in [1.54, 1.807) is 37.3 Å². The van der Waals surface area contributed by atoms with Gasteiger partial charge in [0.1, 0.15) is 12.2 Å². The quantitative estimate of drug-likeness (QED) is 0.481. The molecule has 0 saturated heterocycles. The Kier molecular flexibility index (Phi) is 5.49. The van der Waals surface area contributed by atoms with E-state index in [-0.39, 0.29) is 24.6 Å². The maximum absolute atomic E-state index is 12.5. The molecule has 0 atom stereocenters. The van der Waals surface area contributed by atoms with Crippen LogP contribution in [0.5, 0.6) is 0 Å². The van der Waals surface area contributed by atoms with Crippen LogP contribution in [0.4, 0.5) is 0 Å². The molecule has 0 aliphatic heterocycles. The molecule has 1 aromatic heterocycles. The van der Waals surface area contributed by atoms with Crippen molar-refractivity contribution in [1.29, 1.82) is 0 Å². The molecule has 0 aliphatic carbocycles. The number of rotatable bonds is 6. The summed E-state index contributed by atoms with van der Waals surface area (Å²) in [4.78, 5) is 24.8. The predicted octanol–water partition coefficient (Wildman–Crippen LogP) is 4.26. The molecule has 0 bridgehead atoms. The van der Waals surface area contributed by atoms with Crippen molar-refractivity contribution in [2.75, 3.05) is 6.61 Å². The molecule has 1 heterocycles. The van der Waals surface area contributed by atoms with Gasteiger partial charge in [0.05, 0.1) is 12.3 Å². The monoisotopic (exact) mass is 368 g/mol. The average molecular weight is 369 g/mol. The standard InChI is InChI=1S/C20H17ClN2O3/c1-2-26-20(25)18-12-17(14-6-4-3-5-7-14)22-23(18)13-19(24)15-8-10-16(21)11-9-15/h3-12H,2,13H2,1H3. The molecular weight excluding hydrogens is 352 g/mol. The second-order valence-electron chi connectivity index (χ2n) is 5.59. The SMILES string of the molecule is CCOC(=O)c1cc(-c2ccccc2)nn1CC(=O)c1ccc(Cl)cc1. The third kappa shape index (κ3) is 4.00. The molecule has 0 amide bonds. The summed E-state index contributed by atoms with van der Waals surface area (Å²) < 4.78 is 6.48. The molecule has 0 saturated carbocycles. The van der Waals surface area contributed by atoms with Crippen molar-refractivity contribution in [2.24, 2.45) is 0 Å². The van der Waals surface area contributed by atoms with Gasteiger partial charge in [-0.25, -0.2) is 9.48 Å². The van der Waals surface area contributed by atoms with Crippen LogP contribution in [-0.4, -0.2) is 28.1 Å². The molecule has 0 spiro atoms. The van der Waals surface area contributed by atoms with Crippen molar-refractivity contribution in [2.45, 2.75) is 13.5 Å². The molecule has 26 heavy (non-hydrogen) atoms. The summed E-state index contributed by atoms with van der Waals surface area (Å²) in [5, 5.41) is 4.99. The Hall–Kier alpha value is -2.92. The lowest BCUT2D eigenvalue weighted by atomic mass is 10.1. The topological polar surface area (TPSA) is 61.2 Å². The lowest BCUT2D eigenvalue weighted by molar-refractivity contribution is 0.0512. The highest BCUT2D eigenvalue weighted by Gasteiger charge is 2.19. The first-order valence-electron chi connectivity index (χ1n) is 8.17. The number of carbonyl (C=O) groups is 2. The number of carbonyl (C=O) groups excluding carboxylic acids is 2. The van der Waals surface area contributed by atoms with Crippen LogP contribution in [0.25, 0.3) is 11.3 Å². The highest BCUT2D eigenvalue weighted by Crippen LogP contribution is 2.20. The second kappa shape index (κ2) is 7.97. The molecule has 3 rings (SSSR count). The molecule has 132 valence electrons. The molecule has 0 unspecified atom stereocenters. The van der Waals surface area contributed by atoms with Crippen LogP contribution in [0.3, 0.4) is 0 Å². The molecular formula is C20H17ClN2O3. The van der Waals surface area contributed by atoms with Crippen molar-refractivity contribution in [3.8, 4) is 11.3 Å². The fraction of sp³-hybridized carbons (Fsp3) is 0.150. The second-order valence-corrected chi connectivity index (χ2v) is 6.03. The van der Waals surface area contributed by atoms with E-state index in [1.807, 2.05) is 30.3 Å². The van der Waals surface area contributed by atoms with Crippen LogP contribution in [0, 0.1) is 0 Å². The zero-order valence-corrected chi connectivity index (χ0v) is 14.9. The summed E-state index contributed by atoms with van der Waals surface area (Å²) in [6, 6.07) is 17.7.